The van der Waals surface area contributed by atoms with Crippen molar-refractivity contribution in [3.05, 3.63) is 35.7 Å². The van der Waals surface area contributed by atoms with Crippen LogP contribution in [0.3, 0.4) is 0 Å². The first-order chi connectivity index (χ1) is 8.67. The van der Waals surface area contributed by atoms with Crippen molar-refractivity contribution >= 4 is 11.8 Å². The molecule has 0 unspecified atom stereocenters. The molecule has 2 aromatic rings. The fraction of sp³-hybridized carbons (Fsp3) is 0.385. The van der Waals surface area contributed by atoms with Crippen LogP contribution in [-0.2, 0) is 6.42 Å². The number of ether oxygens (including phenoxy) is 1. The average molecular weight is 264 g/mol. The van der Waals surface area contributed by atoms with Crippen LogP contribution in [0.2, 0.25) is 0 Å². The molecule has 4 nitrogen and oxygen atoms in total. The summed E-state index contributed by atoms with van der Waals surface area (Å²) in [5.41, 5.74) is 1.13. The van der Waals surface area contributed by atoms with Crippen molar-refractivity contribution in [1.82, 2.24) is 10.2 Å². The van der Waals surface area contributed by atoms with Gasteiger partial charge in [0, 0.05) is 5.25 Å². The standard InChI is InChI=1S/C13H16N2O2S/c1-9(2)18-13-15-14-12(17-13)8-10-4-6-11(16-3)7-5-10/h4-7,9H,8H2,1-3H3. The third kappa shape index (κ3) is 3.50. The molecular formula is C13H16N2O2S. The van der Waals surface area contributed by atoms with Crippen molar-refractivity contribution in [2.24, 2.45) is 0 Å². The van der Waals surface area contributed by atoms with Gasteiger partial charge in [0.1, 0.15) is 5.75 Å². The first-order valence-electron chi connectivity index (χ1n) is 5.79. The zero-order valence-electron chi connectivity index (χ0n) is 10.7. The van der Waals surface area contributed by atoms with Gasteiger partial charge in [0.25, 0.3) is 5.22 Å². The van der Waals surface area contributed by atoms with Gasteiger partial charge in [-0.2, -0.15) is 0 Å². The number of nitrogens with zero attached hydrogens (tertiary/aromatic N) is 2. The van der Waals surface area contributed by atoms with E-state index >= 15 is 0 Å². The Kier molecular flexibility index (Phi) is 4.25. The SMILES string of the molecule is COc1ccc(Cc2nnc(SC(C)C)o2)cc1. The van der Waals surface area contributed by atoms with Crippen molar-refractivity contribution in [3.63, 3.8) is 0 Å². The van der Waals surface area contributed by atoms with E-state index in [0.717, 1.165) is 11.3 Å². The summed E-state index contributed by atoms with van der Waals surface area (Å²) in [4.78, 5) is 0. The van der Waals surface area contributed by atoms with E-state index in [-0.39, 0.29) is 0 Å². The van der Waals surface area contributed by atoms with Gasteiger partial charge in [-0.05, 0) is 17.7 Å². The highest BCUT2D eigenvalue weighted by atomic mass is 32.2. The molecule has 2 rings (SSSR count). The van der Waals surface area contributed by atoms with Crippen molar-refractivity contribution in [3.8, 4) is 5.75 Å². The maximum Gasteiger partial charge on any atom is 0.276 e. The van der Waals surface area contributed by atoms with Gasteiger partial charge >= 0.3 is 0 Å². The van der Waals surface area contributed by atoms with Gasteiger partial charge < -0.3 is 9.15 Å². The van der Waals surface area contributed by atoms with Crippen molar-refractivity contribution in [2.45, 2.75) is 30.7 Å². The van der Waals surface area contributed by atoms with Gasteiger partial charge in [-0.25, -0.2) is 0 Å². The van der Waals surface area contributed by atoms with Crippen LogP contribution < -0.4 is 4.74 Å². The van der Waals surface area contributed by atoms with Gasteiger partial charge in [0.2, 0.25) is 5.89 Å². The zero-order chi connectivity index (χ0) is 13.0. The summed E-state index contributed by atoms with van der Waals surface area (Å²) in [6, 6.07) is 7.85. The van der Waals surface area contributed by atoms with E-state index in [1.165, 1.54) is 0 Å². The van der Waals surface area contributed by atoms with Crippen LogP contribution >= 0.6 is 11.8 Å². The molecule has 0 bridgehead atoms. The minimum absolute atomic E-state index is 0.444. The molecule has 0 fully saturated rings. The summed E-state index contributed by atoms with van der Waals surface area (Å²) in [6.45, 7) is 4.19. The molecule has 0 saturated carbocycles. The lowest BCUT2D eigenvalue weighted by Gasteiger charge is -2.00. The topological polar surface area (TPSA) is 48.2 Å². The summed E-state index contributed by atoms with van der Waals surface area (Å²) in [7, 11) is 1.66. The van der Waals surface area contributed by atoms with Crippen LogP contribution in [0.4, 0.5) is 0 Å². The molecule has 0 aliphatic rings. The Morgan fingerprint density at radius 3 is 2.56 bits per heavy atom. The molecule has 1 heterocycles. The van der Waals surface area contributed by atoms with Gasteiger partial charge in [0.05, 0.1) is 13.5 Å². The van der Waals surface area contributed by atoms with Gasteiger partial charge in [-0.3, -0.25) is 0 Å². The summed E-state index contributed by atoms with van der Waals surface area (Å²) in [5.74, 6) is 1.49. The predicted octanol–water partition coefficient (Wildman–Crippen LogP) is 3.17. The molecule has 0 atom stereocenters. The second-order valence-corrected chi connectivity index (χ2v) is 5.68. The number of hydrogen-bond donors (Lipinski definition) is 0. The molecule has 1 aromatic carbocycles. The largest absolute Gasteiger partial charge is 0.497 e. The third-order valence-corrected chi connectivity index (χ3v) is 3.14. The Balaban J connectivity index is 2.01. The number of benzene rings is 1. The average Bonchev–Trinajstić information content (AvgIpc) is 2.76. The van der Waals surface area contributed by atoms with Crippen molar-refractivity contribution in [1.29, 1.82) is 0 Å². The number of methoxy groups -OCH3 is 1. The van der Waals surface area contributed by atoms with Crippen LogP contribution in [0.1, 0.15) is 25.3 Å². The Hall–Kier alpha value is -1.49. The molecule has 18 heavy (non-hydrogen) atoms. The van der Waals surface area contributed by atoms with Crippen LogP contribution in [0, 0.1) is 0 Å². The molecule has 0 spiro atoms. The van der Waals surface area contributed by atoms with Crippen LogP contribution in [0.5, 0.6) is 5.75 Å². The highest BCUT2D eigenvalue weighted by Crippen LogP contribution is 2.22. The fourth-order valence-corrected chi connectivity index (χ4v) is 2.11. The first-order valence-corrected chi connectivity index (χ1v) is 6.67. The van der Waals surface area contributed by atoms with E-state index in [4.69, 9.17) is 9.15 Å². The van der Waals surface area contributed by atoms with E-state index in [9.17, 15) is 0 Å². The summed E-state index contributed by atoms with van der Waals surface area (Å²) in [6.07, 6.45) is 0.648. The molecule has 5 heteroatoms. The quantitative estimate of drug-likeness (QED) is 0.776. The van der Waals surface area contributed by atoms with E-state index in [2.05, 4.69) is 24.0 Å². The smallest absolute Gasteiger partial charge is 0.276 e. The van der Waals surface area contributed by atoms with Crippen LogP contribution in [-0.4, -0.2) is 22.6 Å². The highest BCUT2D eigenvalue weighted by molar-refractivity contribution is 7.99. The normalized spacial score (nSPS) is 10.9. The van der Waals surface area contributed by atoms with Gasteiger partial charge in [0.15, 0.2) is 0 Å². The fourth-order valence-electron chi connectivity index (χ4n) is 1.48. The van der Waals surface area contributed by atoms with E-state index < -0.39 is 0 Å². The number of hydrogen-bond acceptors (Lipinski definition) is 5. The van der Waals surface area contributed by atoms with Crippen LogP contribution in [0.15, 0.2) is 33.9 Å². The summed E-state index contributed by atoms with van der Waals surface area (Å²) in [5, 5.41) is 9.12. The van der Waals surface area contributed by atoms with E-state index in [0.29, 0.717) is 22.8 Å². The van der Waals surface area contributed by atoms with E-state index in [1.54, 1.807) is 18.9 Å². The Labute approximate surface area is 111 Å². The molecule has 0 aliphatic heterocycles. The number of aromatic nitrogens is 2. The third-order valence-electron chi connectivity index (χ3n) is 2.30. The zero-order valence-corrected chi connectivity index (χ0v) is 11.5. The first kappa shape index (κ1) is 13.0. The molecule has 0 saturated heterocycles. The second kappa shape index (κ2) is 5.91. The van der Waals surface area contributed by atoms with Crippen LogP contribution in [0.25, 0.3) is 0 Å². The molecule has 1 aromatic heterocycles. The minimum Gasteiger partial charge on any atom is -0.497 e. The summed E-state index contributed by atoms with van der Waals surface area (Å²) < 4.78 is 10.7. The second-order valence-electron chi connectivity index (χ2n) is 4.15. The number of thioether (sulfide) groups is 1. The molecule has 0 aliphatic carbocycles. The lowest BCUT2D eigenvalue weighted by Crippen LogP contribution is -1.89. The molecule has 96 valence electrons. The maximum atomic E-state index is 5.56. The highest BCUT2D eigenvalue weighted by Gasteiger charge is 2.09. The summed E-state index contributed by atoms with van der Waals surface area (Å²) >= 11 is 1.58. The van der Waals surface area contributed by atoms with Crippen molar-refractivity contribution in [2.75, 3.05) is 7.11 Å². The lowest BCUT2D eigenvalue weighted by molar-refractivity contribution is 0.413. The predicted molar refractivity (Wildman–Crippen MR) is 71.1 cm³/mol. The monoisotopic (exact) mass is 264 g/mol. The van der Waals surface area contributed by atoms with Gasteiger partial charge in [-0.15, -0.1) is 10.2 Å². The van der Waals surface area contributed by atoms with Gasteiger partial charge in [-0.1, -0.05) is 37.7 Å². The van der Waals surface area contributed by atoms with E-state index in [1.807, 2.05) is 24.3 Å². The molecular weight excluding hydrogens is 248 g/mol. The molecule has 0 N–H and O–H groups in total. The Morgan fingerprint density at radius 2 is 1.94 bits per heavy atom. The van der Waals surface area contributed by atoms with Crippen molar-refractivity contribution < 1.29 is 9.15 Å². The minimum atomic E-state index is 0.444. The maximum absolute atomic E-state index is 5.56. The lowest BCUT2D eigenvalue weighted by atomic mass is 10.1. The Bertz CT molecular complexity index is 494. The molecule has 0 radical (unpaired) electrons. The number of rotatable bonds is 5. The Morgan fingerprint density at radius 1 is 1.22 bits per heavy atom. The molecule has 0 amide bonds.